The maximum absolute atomic E-state index is 12.6. The van der Waals surface area contributed by atoms with Crippen molar-refractivity contribution in [3.8, 4) is 0 Å². The van der Waals surface area contributed by atoms with Crippen LogP contribution in [-0.4, -0.2) is 65.7 Å². The summed E-state index contributed by atoms with van der Waals surface area (Å²) in [5.74, 6) is -0.990. The Balaban J connectivity index is 4.39. The van der Waals surface area contributed by atoms with E-state index in [0.717, 1.165) is 96.3 Å². The van der Waals surface area contributed by atoms with Crippen LogP contribution in [0, 0.1) is 0 Å². The van der Waals surface area contributed by atoms with Gasteiger partial charge >= 0.3 is 19.8 Å². The van der Waals surface area contributed by atoms with Crippen LogP contribution in [0.5, 0.6) is 0 Å². The number of aliphatic hydroxyl groups excluding tert-OH is 2. The topological polar surface area (TPSA) is 149 Å². The summed E-state index contributed by atoms with van der Waals surface area (Å²) in [6.07, 6.45) is 48.0. The van der Waals surface area contributed by atoms with Crippen molar-refractivity contribution in [2.45, 2.75) is 148 Å². The molecule has 0 saturated heterocycles. The third kappa shape index (κ3) is 39.1. The molecule has 318 valence electrons. The molecule has 0 saturated carbocycles. The Bertz CT molecular complexity index is 1250. The number of phosphoric acid groups is 1. The number of rotatable bonds is 37. The van der Waals surface area contributed by atoms with E-state index < -0.39 is 51.8 Å². The van der Waals surface area contributed by atoms with E-state index in [1.165, 1.54) is 0 Å². The zero-order valence-electron chi connectivity index (χ0n) is 34.3. The van der Waals surface area contributed by atoms with Crippen LogP contribution < -0.4 is 0 Å². The van der Waals surface area contributed by atoms with E-state index in [2.05, 4.69) is 91.3 Å². The van der Waals surface area contributed by atoms with Crippen LogP contribution >= 0.6 is 7.82 Å². The molecule has 0 heterocycles. The van der Waals surface area contributed by atoms with Gasteiger partial charge in [0.25, 0.3) is 0 Å². The third-order valence-electron chi connectivity index (χ3n) is 8.04. The number of carbonyl (C=O) groups excluding carboxylic acids is 2. The molecule has 2 unspecified atom stereocenters. The first-order chi connectivity index (χ1) is 27.2. The van der Waals surface area contributed by atoms with Crippen molar-refractivity contribution in [3.63, 3.8) is 0 Å². The normalized spacial score (nSPS) is 14.9. The second kappa shape index (κ2) is 40.1. The van der Waals surface area contributed by atoms with E-state index in [-0.39, 0.29) is 19.4 Å². The van der Waals surface area contributed by atoms with Gasteiger partial charge in [-0.2, -0.15) is 0 Å². The quantitative estimate of drug-likeness (QED) is 0.0182. The highest BCUT2D eigenvalue weighted by molar-refractivity contribution is 7.47. The minimum absolute atomic E-state index is 0.149. The van der Waals surface area contributed by atoms with Crippen molar-refractivity contribution in [2.75, 3.05) is 26.4 Å². The van der Waals surface area contributed by atoms with Crippen LogP contribution in [0.15, 0.2) is 97.2 Å². The summed E-state index contributed by atoms with van der Waals surface area (Å²) in [6.45, 7) is 2.04. The van der Waals surface area contributed by atoms with E-state index in [1.54, 1.807) is 0 Å². The standard InChI is InChI=1S/C45H73O10P/c1-3-5-7-9-11-13-15-17-18-19-20-21-22-23-25-26-28-30-32-34-36-44(48)52-40-43(41-54-56(50,51)53-39-42(47)38-46)55-45(49)37-35-33-31-29-27-24-16-14-12-10-8-6-4-2/h5-8,10-14,16-18,20-21,23,25,42-43,46-47H,3-4,9,15,19,22,24,26-41H2,1-2H3,(H,50,51)/b7-5+,8-6+,12-10+,13-11+,16-14+,18-17+,21-20+,25-23+/t42-,43?/m1/s1. The second-order valence-electron chi connectivity index (χ2n) is 13.3. The van der Waals surface area contributed by atoms with Crippen molar-refractivity contribution < 1.29 is 47.8 Å². The van der Waals surface area contributed by atoms with Gasteiger partial charge in [-0.05, 0) is 77.0 Å². The smallest absolute Gasteiger partial charge is 0.462 e. The highest BCUT2D eigenvalue weighted by Crippen LogP contribution is 2.43. The highest BCUT2D eigenvalue weighted by Gasteiger charge is 2.27. The molecule has 0 radical (unpaired) electrons. The van der Waals surface area contributed by atoms with Crippen LogP contribution in [0.3, 0.4) is 0 Å². The first kappa shape index (κ1) is 52.9. The maximum atomic E-state index is 12.6. The third-order valence-corrected chi connectivity index (χ3v) is 9.00. The fourth-order valence-electron chi connectivity index (χ4n) is 4.90. The Morgan fingerprint density at radius 1 is 0.554 bits per heavy atom. The number of unbranched alkanes of at least 4 members (excludes halogenated alkanes) is 9. The number of allylic oxidation sites excluding steroid dienone is 16. The zero-order chi connectivity index (χ0) is 41.2. The van der Waals surface area contributed by atoms with E-state index in [0.29, 0.717) is 12.8 Å². The van der Waals surface area contributed by atoms with Gasteiger partial charge in [0.2, 0.25) is 0 Å². The van der Waals surface area contributed by atoms with Crippen molar-refractivity contribution in [1.82, 2.24) is 0 Å². The molecule has 0 fully saturated rings. The average Bonchev–Trinajstić information content (AvgIpc) is 3.19. The molecule has 3 N–H and O–H groups in total. The van der Waals surface area contributed by atoms with Crippen LogP contribution in [0.4, 0.5) is 0 Å². The summed E-state index contributed by atoms with van der Waals surface area (Å²) < 4.78 is 32.6. The lowest BCUT2D eigenvalue weighted by molar-refractivity contribution is -0.161. The van der Waals surface area contributed by atoms with Crippen LogP contribution in [0.2, 0.25) is 0 Å². The Morgan fingerprint density at radius 2 is 1.02 bits per heavy atom. The fourth-order valence-corrected chi connectivity index (χ4v) is 5.69. The van der Waals surface area contributed by atoms with Gasteiger partial charge in [-0.15, -0.1) is 0 Å². The summed E-state index contributed by atoms with van der Waals surface area (Å²) in [7, 11) is -4.63. The second-order valence-corrected chi connectivity index (χ2v) is 14.8. The molecular formula is C45H73O10P. The molecule has 0 bridgehead atoms. The van der Waals surface area contributed by atoms with E-state index in [1.807, 2.05) is 24.3 Å². The van der Waals surface area contributed by atoms with Gasteiger partial charge in [0.15, 0.2) is 6.10 Å². The highest BCUT2D eigenvalue weighted by atomic mass is 31.2. The molecule has 0 aromatic carbocycles. The largest absolute Gasteiger partial charge is 0.472 e. The fraction of sp³-hybridized carbons (Fsp3) is 0.600. The van der Waals surface area contributed by atoms with Crippen molar-refractivity contribution in [1.29, 1.82) is 0 Å². The lowest BCUT2D eigenvalue weighted by Gasteiger charge is -2.20. The summed E-state index contributed by atoms with van der Waals surface area (Å²) >= 11 is 0. The van der Waals surface area contributed by atoms with Gasteiger partial charge in [-0.3, -0.25) is 18.6 Å². The predicted octanol–water partition coefficient (Wildman–Crippen LogP) is 10.8. The average molecular weight is 805 g/mol. The first-order valence-corrected chi connectivity index (χ1v) is 22.2. The van der Waals surface area contributed by atoms with Crippen LogP contribution in [0.25, 0.3) is 0 Å². The number of aliphatic hydroxyl groups is 2. The minimum atomic E-state index is -4.63. The molecule has 3 atom stereocenters. The van der Waals surface area contributed by atoms with Gasteiger partial charge < -0.3 is 24.6 Å². The van der Waals surface area contributed by atoms with Gasteiger partial charge in [-0.1, -0.05) is 143 Å². The summed E-state index contributed by atoms with van der Waals surface area (Å²) in [5, 5.41) is 18.3. The molecule has 0 aliphatic heterocycles. The van der Waals surface area contributed by atoms with Gasteiger partial charge in [0.1, 0.15) is 12.7 Å². The molecule has 56 heavy (non-hydrogen) atoms. The molecule has 10 nitrogen and oxygen atoms in total. The summed E-state index contributed by atoms with van der Waals surface area (Å²) in [5.41, 5.74) is 0. The zero-order valence-corrected chi connectivity index (χ0v) is 35.2. The predicted molar refractivity (Wildman–Crippen MR) is 228 cm³/mol. The van der Waals surface area contributed by atoms with Crippen molar-refractivity contribution in [3.05, 3.63) is 97.2 Å². The monoisotopic (exact) mass is 804 g/mol. The molecule has 0 amide bonds. The molecule has 0 rings (SSSR count). The number of carbonyl (C=O) groups is 2. The van der Waals surface area contributed by atoms with Crippen molar-refractivity contribution >= 4 is 19.8 Å². The SMILES string of the molecule is CC/C=C/C=C/C=C/CCCCCCCC(=O)OC(COC(=O)CCCCCC/C=C/C/C=C/C/C=C/C/C=C/C/C=C/CC)COP(=O)(O)OC[C@H](O)CO. The van der Waals surface area contributed by atoms with Gasteiger partial charge in [-0.25, -0.2) is 4.57 Å². The summed E-state index contributed by atoms with van der Waals surface area (Å²) in [6, 6.07) is 0. The number of hydrogen-bond acceptors (Lipinski definition) is 9. The molecule has 11 heteroatoms. The van der Waals surface area contributed by atoms with Crippen LogP contribution in [-0.2, 0) is 32.7 Å². The lowest BCUT2D eigenvalue weighted by atomic mass is 10.1. The van der Waals surface area contributed by atoms with Crippen LogP contribution in [0.1, 0.15) is 136 Å². The maximum Gasteiger partial charge on any atom is 0.472 e. The Labute approximate surface area is 338 Å². The molecule has 0 aliphatic carbocycles. The minimum Gasteiger partial charge on any atom is -0.462 e. The van der Waals surface area contributed by atoms with E-state index in [4.69, 9.17) is 19.1 Å². The Kier molecular flexibility index (Phi) is 37.9. The molecular weight excluding hydrogens is 731 g/mol. The number of ether oxygens (including phenoxy) is 2. The summed E-state index contributed by atoms with van der Waals surface area (Å²) in [4.78, 5) is 34.9. The number of phosphoric ester groups is 1. The van der Waals surface area contributed by atoms with Gasteiger partial charge in [0, 0.05) is 12.8 Å². The Hall–Kier alpha value is -3.11. The Morgan fingerprint density at radius 3 is 1.59 bits per heavy atom. The number of hydrogen-bond donors (Lipinski definition) is 3. The molecule has 0 aromatic rings. The molecule has 0 spiro atoms. The van der Waals surface area contributed by atoms with Gasteiger partial charge in [0.05, 0.1) is 19.8 Å². The van der Waals surface area contributed by atoms with E-state index >= 15 is 0 Å². The van der Waals surface area contributed by atoms with Crippen molar-refractivity contribution in [2.24, 2.45) is 0 Å². The first-order valence-electron chi connectivity index (χ1n) is 20.7. The lowest BCUT2D eigenvalue weighted by Crippen LogP contribution is -2.29. The van der Waals surface area contributed by atoms with E-state index in [9.17, 15) is 24.2 Å². The number of esters is 2. The molecule has 0 aliphatic rings. The molecule has 0 aromatic heterocycles.